The van der Waals surface area contributed by atoms with Crippen molar-refractivity contribution in [2.75, 3.05) is 32.5 Å². The zero-order valence-corrected chi connectivity index (χ0v) is 13.6. The number of aliphatic hydroxyl groups is 1. The van der Waals surface area contributed by atoms with E-state index in [9.17, 15) is 18.3 Å². The number of carbonyl (C=O) groups is 1. The quantitative estimate of drug-likeness (QED) is 0.751. The van der Waals surface area contributed by atoms with E-state index in [1.54, 1.807) is 4.90 Å². The van der Waals surface area contributed by atoms with Crippen molar-refractivity contribution in [2.24, 2.45) is 0 Å². The van der Waals surface area contributed by atoms with Crippen molar-refractivity contribution in [2.45, 2.75) is 44.4 Å². The Balaban J connectivity index is 2.15. The first-order chi connectivity index (χ1) is 9.64. The SMILES string of the molecule is CC1(C)CN(C(=O)C2CCCN2S(C)(=O)=O)CC(CO)O1. The van der Waals surface area contributed by atoms with Gasteiger partial charge in [-0.15, -0.1) is 0 Å². The Morgan fingerprint density at radius 1 is 1.43 bits per heavy atom. The lowest BCUT2D eigenvalue weighted by atomic mass is 10.0. The fraction of sp³-hybridized carbons (Fsp3) is 0.923. The van der Waals surface area contributed by atoms with Crippen LogP contribution in [0.1, 0.15) is 26.7 Å². The van der Waals surface area contributed by atoms with E-state index in [1.165, 1.54) is 4.31 Å². The van der Waals surface area contributed by atoms with Gasteiger partial charge in [-0.2, -0.15) is 4.31 Å². The molecule has 21 heavy (non-hydrogen) atoms. The highest BCUT2D eigenvalue weighted by atomic mass is 32.2. The number of ether oxygens (including phenoxy) is 1. The Kier molecular flexibility index (Phi) is 4.63. The van der Waals surface area contributed by atoms with Crippen molar-refractivity contribution in [3.63, 3.8) is 0 Å². The van der Waals surface area contributed by atoms with E-state index >= 15 is 0 Å². The number of carbonyl (C=O) groups excluding carboxylic acids is 1. The minimum absolute atomic E-state index is 0.159. The van der Waals surface area contributed by atoms with Crippen LogP contribution in [0.3, 0.4) is 0 Å². The first-order valence-electron chi connectivity index (χ1n) is 7.18. The van der Waals surface area contributed by atoms with Crippen LogP contribution in [0.4, 0.5) is 0 Å². The van der Waals surface area contributed by atoms with Gasteiger partial charge in [-0.3, -0.25) is 4.79 Å². The molecule has 122 valence electrons. The van der Waals surface area contributed by atoms with Crippen LogP contribution >= 0.6 is 0 Å². The molecule has 0 aromatic rings. The van der Waals surface area contributed by atoms with Crippen LogP contribution in [0.2, 0.25) is 0 Å². The highest BCUT2D eigenvalue weighted by Gasteiger charge is 2.42. The van der Waals surface area contributed by atoms with Crippen LogP contribution in [-0.2, 0) is 19.6 Å². The van der Waals surface area contributed by atoms with Crippen molar-refractivity contribution >= 4 is 15.9 Å². The van der Waals surface area contributed by atoms with E-state index in [0.717, 1.165) is 6.26 Å². The van der Waals surface area contributed by atoms with Crippen molar-refractivity contribution in [1.82, 2.24) is 9.21 Å². The summed E-state index contributed by atoms with van der Waals surface area (Å²) in [6.45, 7) is 4.65. The predicted molar refractivity (Wildman–Crippen MR) is 77.2 cm³/mol. The van der Waals surface area contributed by atoms with E-state index in [4.69, 9.17) is 4.74 Å². The largest absolute Gasteiger partial charge is 0.394 e. The minimum atomic E-state index is -3.38. The molecule has 0 saturated carbocycles. The van der Waals surface area contributed by atoms with E-state index in [-0.39, 0.29) is 12.5 Å². The summed E-state index contributed by atoms with van der Waals surface area (Å²) in [5, 5.41) is 9.30. The normalized spacial score (nSPS) is 30.6. The smallest absolute Gasteiger partial charge is 0.241 e. The molecule has 2 rings (SSSR count). The van der Waals surface area contributed by atoms with E-state index in [2.05, 4.69) is 0 Å². The van der Waals surface area contributed by atoms with Gasteiger partial charge in [0.05, 0.1) is 24.6 Å². The molecule has 2 saturated heterocycles. The van der Waals surface area contributed by atoms with Crippen LogP contribution in [0.15, 0.2) is 0 Å². The molecule has 2 atom stereocenters. The van der Waals surface area contributed by atoms with Crippen LogP contribution < -0.4 is 0 Å². The Labute approximate surface area is 125 Å². The fourth-order valence-corrected chi connectivity index (χ4v) is 4.27. The van der Waals surface area contributed by atoms with Gasteiger partial charge in [0.25, 0.3) is 0 Å². The summed E-state index contributed by atoms with van der Waals surface area (Å²) in [5.41, 5.74) is -0.546. The summed E-state index contributed by atoms with van der Waals surface area (Å²) in [6, 6.07) is -0.617. The molecule has 0 aromatic heterocycles. The van der Waals surface area contributed by atoms with E-state index in [1.807, 2.05) is 13.8 Å². The number of amides is 1. The summed E-state index contributed by atoms with van der Waals surface area (Å²) in [5.74, 6) is -0.187. The van der Waals surface area contributed by atoms with Gasteiger partial charge >= 0.3 is 0 Å². The fourth-order valence-electron chi connectivity index (χ4n) is 3.15. The Morgan fingerprint density at radius 2 is 2.10 bits per heavy atom. The molecule has 0 aliphatic carbocycles. The Hall–Kier alpha value is -0.700. The standard InChI is InChI=1S/C13H24N2O5S/c1-13(2)9-14(7-10(8-16)20-13)12(17)11-5-4-6-15(11)21(3,18)19/h10-11,16H,4-9H2,1-3H3. The molecular weight excluding hydrogens is 296 g/mol. The third-order valence-corrected chi connectivity index (χ3v) is 5.20. The number of hydrogen-bond donors (Lipinski definition) is 1. The summed E-state index contributed by atoms with van der Waals surface area (Å²) in [4.78, 5) is 14.3. The summed E-state index contributed by atoms with van der Waals surface area (Å²) >= 11 is 0. The molecule has 7 nitrogen and oxygen atoms in total. The average Bonchev–Trinajstić information content (AvgIpc) is 2.84. The second-order valence-corrected chi connectivity index (χ2v) is 8.37. The van der Waals surface area contributed by atoms with Gasteiger partial charge in [-0.05, 0) is 26.7 Å². The van der Waals surface area contributed by atoms with Gasteiger partial charge in [0.15, 0.2) is 0 Å². The van der Waals surface area contributed by atoms with Gasteiger partial charge in [0.1, 0.15) is 6.04 Å². The first-order valence-corrected chi connectivity index (χ1v) is 9.03. The zero-order chi connectivity index (χ0) is 15.8. The molecule has 1 N–H and O–H groups in total. The third-order valence-electron chi connectivity index (χ3n) is 3.91. The average molecular weight is 320 g/mol. The summed E-state index contributed by atoms with van der Waals surface area (Å²) in [6.07, 6.45) is 1.96. The van der Waals surface area contributed by atoms with Crippen molar-refractivity contribution in [3.8, 4) is 0 Å². The molecule has 2 heterocycles. The van der Waals surface area contributed by atoms with Gasteiger partial charge in [0.2, 0.25) is 15.9 Å². The molecule has 2 fully saturated rings. The number of sulfonamides is 1. The first kappa shape index (κ1) is 16.7. The molecule has 1 amide bonds. The number of hydrogen-bond acceptors (Lipinski definition) is 5. The van der Waals surface area contributed by atoms with E-state index in [0.29, 0.717) is 32.5 Å². The maximum atomic E-state index is 12.7. The highest BCUT2D eigenvalue weighted by molar-refractivity contribution is 7.88. The Bertz CT molecular complexity index is 505. The summed E-state index contributed by atoms with van der Waals surface area (Å²) < 4.78 is 30.5. The van der Waals surface area contributed by atoms with Crippen LogP contribution in [0.25, 0.3) is 0 Å². The predicted octanol–water partition coefficient (Wildman–Crippen LogP) is -0.591. The van der Waals surface area contributed by atoms with Crippen molar-refractivity contribution < 1.29 is 23.1 Å². The van der Waals surface area contributed by atoms with Crippen LogP contribution in [0, 0.1) is 0 Å². The second kappa shape index (κ2) is 5.83. The summed E-state index contributed by atoms with van der Waals surface area (Å²) in [7, 11) is -3.38. The molecular formula is C13H24N2O5S. The third kappa shape index (κ3) is 3.74. The molecule has 0 spiro atoms. The monoisotopic (exact) mass is 320 g/mol. The zero-order valence-electron chi connectivity index (χ0n) is 12.8. The maximum absolute atomic E-state index is 12.7. The highest BCUT2D eigenvalue weighted by Crippen LogP contribution is 2.26. The van der Waals surface area contributed by atoms with Gasteiger partial charge in [-0.1, -0.05) is 0 Å². The Morgan fingerprint density at radius 3 is 2.67 bits per heavy atom. The molecule has 2 aliphatic heterocycles. The lowest BCUT2D eigenvalue weighted by Crippen LogP contribution is -2.59. The molecule has 0 radical (unpaired) electrons. The molecule has 8 heteroatoms. The van der Waals surface area contributed by atoms with Gasteiger partial charge < -0.3 is 14.7 Å². The van der Waals surface area contributed by atoms with Gasteiger partial charge in [-0.25, -0.2) is 8.42 Å². The van der Waals surface area contributed by atoms with Crippen LogP contribution in [-0.4, -0.2) is 78.9 Å². The lowest BCUT2D eigenvalue weighted by molar-refractivity contribution is -0.169. The number of morpholine rings is 1. The molecule has 0 aromatic carbocycles. The van der Waals surface area contributed by atoms with Crippen molar-refractivity contribution in [1.29, 1.82) is 0 Å². The lowest BCUT2D eigenvalue weighted by Gasteiger charge is -2.43. The van der Waals surface area contributed by atoms with Crippen LogP contribution in [0.5, 0.6) is 0 Å². The molecule has 0 bridgehead atoms. The topological polar surface area (TPSA) is 87.2 Å². The van der Waals surface area contributed by atoms with Gasteiger partial charge in [0, 0.05) is 19.6 Å². The molecule has 2 aliphatic rings. The van der Waals surface area contributed by atoms with Crippen molar-refractivity contribution in [3.05, 3.63) is 0 Å². The maximum Gasteiger partial charge on any atom is 0.241 e. The number of nitrogens with zero attached hydrogens (tertiary/aromatic N) is 2. The minimum Gasteiger partial charge on any atom is -0.394 e. The second-order valence-electron chi connectivity index (χ2n) is 6.43. The number of rotatable bonds is 3. The number of aliphatic hydroxyl groups excluding tert-OH is 1. The van der Waals surface area contributed by atoms with E-state index < -0.39 is 27.8 Å². The molecule has 2 unspecified atom stereocenters.